The predicted molar refractivity (Wildman–Crippen MR) is 94.6 cm³/mol. The fraction of sp³-hybridized carbons (Fsp3) is 0.188. The van der Waals surface area contributed by atoms with Crippen molar-refractivity contribution in [3.8, 4) is 16.5 Å². The van der Waals surface area contributed by atoms with Gasteiger partial charge in [0.15, 0.2) is 0 Å². The zero-order valence-corrected chi connectivity index (χ0v) is 14.7. The normalized spacial score (nSPS) is 11.9. The molecule has 0 unspecified atom stereocenters. The van der Waals surface area contributed by atoms with Crippen molar-refractivity contribution in [1.82, 2.24) is 10.2 Å². The van der Waals surface area contributed by atoms with Crippen LogP contribution < -0.4 is 10.1 Å². The number of amides is 1. The molecule has 0 aliphatic carbocycles. The number of anilines is 1. The number of ether oxygens (including phenoxy) is 1. The summed E-state index contributed by atoms with van der Waals surface area (Å²) in [5, 5.41) is 12.7. The Hall–Kier alpha value is -2.32. The largest absolute Gasteiger partial charge is 0.495 e. The molecule has 0 aliphatic rings. The Kier molecular flexibility index (Phi) is 5.17. The Balaban J connectivity index is 1.64. The summed E-state index contributed by atoms with van der Waals surface area (Å²) in [6.45, 7) is 1.78. The zero-order valence-electron chi connectivity index (χ0n) is 13.1. The second-order valence-electron chi connectivity index (χ2n) is 4.80. The van der Waals surface area contributed by atoms with Crippen LogP contribution in [0.4, 0.5) is 5.69 Å². The Morgan fingerprint density at radius 1 is 1.29 bits per heavy atom. The Morgan fingerprint density at radius 2 is 2.12 bits per heavy atom. The molecule has 1 amide bonds. The van der Waals surface area contributed by atoms with Crippen LogP contribution in [0.25, 0.3) is 10.8 Å². The number of hydrogen-bond donors (Lipinski definition) is 1. The summed E-state index contributed by atoms with van der Waals surface area (Å²) in [6.07, 6.45) is 0. The van der Waals surface area contributed by atoms with Crippen LogP contribution in [-0.2, 0) is 4.79 Å². The summed E-state index contributed by atoms with van der Waals surface area (Å²) in [5.41, 5.74) is 0.627. The number of aromatic nitrogens is 2. The molecule has 6 nitrogen and oxygen atoms in total. The molecule has 124 valence electrons. The zero-order chi connectivity index (χ0) is 16.9. The van der Waals surface area contributed by atoms with E-state index in [1.165, 1.54) is 23.1 Å². The molecular weight excluding hydrogens is 346 g/mol. The van der Waals surface area contributed by atoms with E-state index in [1.807, 2.05) is 29.6 Å². The van der Waals surface area contributed by atoms with E-state index in [2.05, 4.69) is 15.5 Å². The molecule has 0 saturated heterocycles. The number of nitrogens with zero attached hydrogens (tertiary/aromatic N) is 2. The van der Waals surface area contributed by atoms with Gasteiger partial charge in [0, 0.05) is 0 Å². The van der Waals surface area contributed by atoms with Gasteiger partial charge in [0.25, 0.3) is 11.1 Å². The summed E-state index contributed by atoms with van der Waals surface area (Å²) in [7, 11) is 1.56. The van der Waals surface area contributed by atoms with E-state index in [0.29, 0.717) is 22.6 Å². The molecule has 3 aromatic rings. The number of hydrogen-bond acceptors (Lipinski definition) is 7. The molecule has 3 rings (SSSR count). The summed E-state index contributed by atoms with van der Waals surface area (Å²) >= 11 is 2.74. The first-order chi connectivity index (χ1) is 11.7. The molecule has 0 radical (unpaired) electrons. The third-order valence-electron chi connectivity index (χ3n) is 3.15. The highest BCUT2D eigenvalue weighted by atomic mass is 32.2. The monoisotopic (exact) mass is 361 g/mol. The summed E-state index contributed by atoms with van der Waals surface area (Å²) < 4.78 is 10.8. The van der Waals surface area contributed by atoms with Gasteiger partial charge >= 0.3 is 0 Å². The smallest absolute Gasteiger partial charge is 0.277 e. The van der Waals surface area contributed by atoms with Gasteiger partial charge in [0.1, 0.15) is 5.75 Å². The van der Waals surface area contributed by atoms with Crippen molar-refractivity contribution in [2.24, 2.45) is 0 Å². The van der Waals surface area contributed by atoms with Crippen molar-refractivity contribution in [3.63, 3.8) is 0 Å². The minimum atomic E-state index is -0.397. The highest BCUT2D eigenvalue weighted by molar-refractivity contribution is 8.00. The van der Waals surface area contributed by atoms with E-state index in [-0.39, 0.29) is 5.91 Å². The standard InChI is InChI=1S/C16H15N3O3S2/c1-10(14(20)17-11-6-3-4-7-12(11)21-2)24-16-19-18-15(22-16)13-8-5-9-23-13/h3-10H,1-2H3,(H,17,20)/t10-/m1/s1. The number of nitrogens with one attached hydrogen (secondary N) is 1. The summed E-state index contributed by atoms with van der Waals surface area (Å²) in [5.74, 6) is 0.908. The Labute approximate surface area is 147 Å². The molecule has 24 heavy (non-hydrogen) atoms. The van der Waals surface area contributed by atoms with E-state index >= 15 is 0 Å². The van der Waals surface area contributed by atoms with Gasteiger partial charge in [0.2, 0.25) is 5.91 Å². The maximum atomic E-state index is 12.3. The lowest BCUT2D eigenvalue weighted by Gasteiger charge is -2.12. The van der Waals surface area contributed by atoms with Gasteiger partial charge in [0.05, 0.1) is 22.9 Å². The number of carbonyl (C=O) groups excluding carboxylic acids is 1. The molecule has 0 aliphatic heterocycles. The van der Waals surface area contributed by atoms with Crippen LogP contribution in [0.2, 0.25) is 0 Å². The van der Waals surface area contributed by atoms with Crippen molar-refractivity contribution in [3.05, 3.63) is 41.8 Å². The van der Waals surface area contributed by atoms with Gasteiger partial charge in [-0.1, -0.05) is 30.0 Å². The number of benzene rings is 1. The van der Waals surface area contributed by atoms with Crippen LogP contribution in [-0.4, -0.2) is 28.5 Å². The van der Waals surface area contributed by atoms with Gasteiger partial charge in [-0.2, -0.15) is 0 Å². The van der Waals surface area contributed by atoms with Crippen LogP contribution >= 0.6 is 23.1 Å². The van der Waals surface area contributed by atoms with Crippen LogP contribution in [0.15, 0.2) is 51.4 Å². The molecule has 2 heterocycles. The third-order valence-corrected chi connectivity index (χ3v) is 4.94. The minimum absolute atomic E-state index is 0.166. The van der Waals surface area contributed by atoms with Crippen molar-refractivity contribution in [1.29, 1.82) is 0 Å². The average Bonchev–Trinajstić information content (AvgIpc) is 3.26. The SMILES string of the molecule is COc1ccccc1NC(=O)[C@@H](C)Sc1nnc(-c2cccs2)o1. The molecule has 1 atom stereocenters. The first kappa shape index (κ1) is 16.5. The van der Waals surface area contributed by atoms with Crippen LogP contribution in [0.3, 0.4) is 0 Å². The van der Waals surface area contributed by atoms with Crippen molar-refractivity contribution in [2.75, 3.05) is 12.4 Å². The number of para-hydroxylation sites is 2. The molecule has 0 bridgehead atoms. The summed E-state index contributed by atoms with van der Waals surface area (Å²) in [6, 6.07) is 11.1. The molecular formula is C16H15N3O3S2. The number of carbonyl (C=O) groups is 1. The van der Waals surface area contributed by atoms with Crippen molar-refractivity contribution < 1.29 is 13.9 Å². The van der Waals surface area contributed by atoms with Gasteiger partial charge in [-0.25, -0.2) is 0 Å². The first-order valence-corrected chi connectivity index (χ1v) is 8.91. The number of rotatable bonds is 6. The highest BCUT2D eigenvalue weighted by Crippen LogP contribution is 2.29. The van der Waals surface area contributed by atoms with Gasteiger partial charge < -0.3 is 14.5 Å². The molecule has 0 saturated carbocycles. The van der Waals surface area contributed by atoms with E-state index in [9.17, 15) is 4.79 Å². The van der Waals surface area contributed by atoms with Crippen molar-refractivity contribution in [2.45, 2.75) is 17.4 Å². The Morgan fingerprint density at radius 3 is 2.88 bits per heavy atom. The lowest BCUT2D eigenvalue weighted by Crippen LogP contribution is -2.22. The molecule has 8 heteroatoms. The Bertz CT molecular complexity index is 818. The van der Waals surface area contributed by atoms with Crippen LogP contribution in [0.5, 0.6) is 5.75 Å². The molecule has 1 N–H and O–H groups in total. The lowest BCUT2D eigenvalue weighted by molar-refractivity contribution is -0.115. The van der Waals surface area contributed by atoms with Gasteiger partial charge in [-0.3, -0.25) is 4.79 Å². The average molecular weight is 361 g/mol. The van der Waals surface area contributed by atoms with Crippen LogP contribution in [0.1, 0.15) is 6.92 Å². The topological polar surface area (TPSA) is 77.2 Å². The third kappa shape index (κ3) is 3.77. The predicted octanol–water partition coefficient (Wildman–Crippen LogP) is 3.93. The van der Waals surface area contributed by atoms with Crippen LogP contribution in [0, 0.1) is 0 Å². The second kappa shape index (κ2) is 7.50. The summed E-state index contributed by atoms with van der Waals surface area (Å²) in [4.78, 5) is 13.2. The number of thioether (sulfide) groups is 1. The second-order valence-corrected chi connectivity index (χ2v) is 7.04. The van der Waals surface area contributed by atoms with Gasteiger partial charge in [-0.05, 0) is 30.5 Å². The molecule has 2 aromatic heterocycles. The molecule has 1 aromatic carbocycles. The highest BCUT2D eigenvalue weighted by Gasteiger charge is 2.20. The fourth-order valence-corrected chi connectivity index (χ4v) is 3.27. The lowest BCUT2D eigenvalue weighted by atomic mass is 10.3. The van der Waals surface area contributed by atoms with E-state index in [4.69, 9.17) is 9.15 Å². The fourth-order valence-electron chi connectivity index (χ4n) is 1.94. The maximum Gasteiger partial charge on any atom is 0.277 e. The van der Waals surface area contributed by atoms with Crippen molar-refractivity contribution >= 4 is 34.7 Å². The number of methoxy groups -OCH3 is 1. The van der Waals surface area contributed by atoms with E-state index < -0.39 is 5.25 Å². The van der Waals surface area contributed by atoms with E-state index in [0.717, 1.165) is 4.88 Å². The quantitative estimate of drug-likeness (QED) is 0.671. The molecule has 0 spiro atoms. The number of thiophene rings is 1. The molecule has 0 fully saturated rings. The minimum Gasteiger partial charge on any atom is -0.495 e. The first-order valence-electron chi connectivity index (χ1n) is 7.15. The maximum absolute atomic E-state index is 12.3. The van der Waals surface area contributed by atoms with E-state index in [1.54, 1.807) is 26.2 Å². The van der Waals surface area contributed by atoms with Gasteiger partial charge in [-0.15, -0.1) is 21.5 Å².